The number of hydrogen-bond acceptors (Lipinski definition) is 6. The first-order valence-electron chi connectivity index (χ1n) is 4.45. The van der Waals surface area contributed by atoms with Gasteiger partial charge in [-0.2, -0.15) is 0 Å². The van der Waals surface area contributed by atoms with Gasteiger partial charge in [-0.3, -0.25) is 10.1 Å². The molecular formula is C7H13N5OS. The van der Waals surface area contributed by atoms with E-state index in [1.165, 1.54) is 0 Å². The van der Waals surface area contributed by atoms with Crippen molar-refractivity contribution >= 4 is 22.6 Å². The molecule has 6 nitrogen and oxygen atoms in total. The molecule has 1 atom stereocenters. The van der Waals surface area contributed by atoms with E-state index in [1.54, 1.807) is 0 Å². The lowest BCUT2D eigenvalue weighted by Crippen LogP contribution is -2.35. The Bertz CT molecular complexity index is 276. The molecule has 0 aliphatic carbocycles. The van der Waals surface area contributed by atoms with Crippen LogP contribution in [0.4, 0.5) is 5.13 Å². The fraction of sp³-hybridized carbons (Fsp3) is 0.714. The van der Waals surface area contributed by atoms with Gasteiger partial charge in [0, 0.05) is 11.5 Å². The van der Waals surface area contributed by atoms with E-state index >= 15 is 0 Å². The fourth-order valence-electron chi connectivity index (χ4n) is 0.935. The third kappa shape index (κ3) is 3.35. The molecule has 0 radical (unpaired) electrons. The van der Waals surface area contributed by atoms with Gasteiger partial charge >= 0.3 is 0 Å². The zero-order chi connectivity index (χ0) is 10.4. The van der Waals surface area contributed by atoms with Crippen LogP contribution in [0.3, 0.4) is 0 Å². The number of carbonyl (C=O) groups is 1. The average molecular weight is 215 g/mol. The van der Waals surface area contributed by atoms with Crippen LogP contribution >= 0.6 is 11.5 Å². The molecule has 3 N–H and O–H groups in total. The maximum atomic E-state index is 11.4. The Morgan fingerprint density at radius 2 is 2.50 bits per heavy atom. The molecule has 1 amide bonds. The summed E-state index contributed by atoms with van der Waals surface area (Å²) < 4.78 is 3.52. The smallest absolute Gasteiger partial charge is 0.243 e. The summed E-state index contributed by atoms with van der Waals surface area (Å²) >= 11 is 1.03. The molecule has 0 aliphatic rings. The van der Waals surface area contributed by atoms with Gasteiger partial charge in [0.25, 0.3) is 0 Å². The first-order chi connectivity index (χ1) is 6.74. The Balaban J connectivity index is 2.34. The van der Waals surface area contributed by atoms with E-state index in [4.69, 9.17) is 5.73 Å². The summed E-state index contributed by atoms with van der Waals surface area (Å²) in [4.78, 5) is 11.4. The number of nitrogens with zero attached hydrogens (tertiary/aromatic N) is 3. The van der Waals surface area contributed by atoms with E-state index in [0.717, 1.165) is 24.4 Å². The highest BCUT2D eigenvalue weighted by atomic mass is 32.1. The molecule has 0 saturated heterocycles. The number of amides is 1. The van der Waals surface area contributed by atoms with Crippen molar-refractivity contribution in [1.29, 1.82) is 0 Å². The Labute approximate surface area is 86.0 Å². The van der Waals surface area contributed by atoms with Crippen LogP contribution in [0.5, 0.6) is 0 Å². The lowest BCUT2D eigenvalue weighted by atomic mass is 10.1. The molecule has 0 unspecified atom stereocenters. The van der Waals surface area contributed by atoms with Crippen molar-refractivity contribution in [3.05, 3.63) is 0 Å². The van der Waals surface area contributed by atoms with Gasteiger partial charge < -0.3 is 5.73 Å². The molecule has 0 aromatic carbocycles. The monoisotopic (exact) mass is 215 g/mol. The van der Waals surface area contributed by atoms with Crippen molar-refractivity contribution in [3.8, 4) is 0 Å². The van der Waals surface area contributed by atoms with E-state index in [2.05, 4.69) is 27.0 Å². The molecule has 0 spiro atoms. The van der Waals surface area contributed by atoms with E-state index < -0.39 is 6.04 Å². The van der Waals surface area contributed by atoms with Crippen LogP contribution in [0.25, 0.3) is 0 Å². The third-order valence-corrected chi connectivity index (χ3v) is 2.25. The second-order valence-electron chi connectivity index (χ2n) is 2.91. The van der Waals surface area contributed by atoms with Crippen molar-refractivity contribution in [2.24, 2.45) is 5.73 Å². The predicted molar refractivity (Wildman–Crippen MR) is 53.8 cm³/mol. The highest BCUT2D eigenvalue weighted by molar-refractivity contribution is 7.09. The number of carbonyl (C=O) groups excluding carboxylic acids is 1. The second kappa shape index (κ2) is 5.61. The first kappa shape index (κ1) is 11.0. The Morgan fingerprint density at radius 3 is 3.07 bits per heavy atom. The van der Waals surface area contributed by atoms with Crippen LogP contribution in [-0.2, 0) is 4.79 Å². The average Bonchev–Trinajstić information content (AvgIpc) is 2.66. The number of unbranched alkanes of at least 4 members (excludes halogenated alkanes) is 1. The zero-order valence-electron chi connectivity index (χ0n) is 7.93. The van der Waals surface area contributed by atoms with E-state index in [1.807, 2.05) is 0 Å². The number of aromatic nitrogens is 3. The highest BCUT2D eigenvalue weighted by Gasteiger charge is 2.14. The maximum absolute atomic E-state index is 11.4. The summed E-state index contributed by atoms with van der Waals surface area (Å²) in [5.74, 6) is -0.225. The number of hydrogen-bond donors (Lipinski definition) is 2. The molecule has 1 aromatic heterocycles. The highest BCUT2D eigenvalue weighted by Crippen LogP contribution is 2.06. The van der Waals surface area contributed by atoms with E-state index in [-0.39, 0.29) is 5.91 Å². The molecule has 0 aliphatic heterocycles. The zero-order valence-corrected chi connectivity index (χ0v) is 8.75. The standard InChI is InChI=1S/C7H13N5OS/c1-2-3-4-5(8)6(13)9-7-10-11-12-14-7/h5H,2-4,8H2,1H3,(H,9,10,12,13)/t5-/m0/s1. The SMILES string of the molecule is CCCC[C@H](N)C(=O)Nc1nnns1. The number of nitrogens with one attached hydrogen (secondary N) is 1. The summed E-state index contributed by atoms with van der Waals surface area (Å²) in [6, 6.07) is -0.473. The Kier molecular flexibility index (Phi) is 4.41. The lowest BCUT2D eigenvalue weighted by molar-refractivity contribution is -0.117. The van der Waals surface area contributed by atoms with Crippen LogP contribution in [0.1, 0.15) is 26.2 Å². The molecule has 78 valence electrons. The molecule has 1 heterocycles. The summed E-state index contributed by atoms with van der Waals surface area (Å²) in [5, 5.41) is 9.89. The Hall–Kier alpha value is -1.08. The number of rotatable bonds is 5. The van der Waals surface area contributed by atoms with Gasteiger partial charge in [0.05, 0.1) is 6.04 Å². The minimum Gasteiger partial charge on any atom is -0.320 e. The largest absolute Gasteiger partial charge is 0.320 e. The normalized spacial score (nSPS) is 12.4. The van der Waals surface area contributed by atoms with Crippen molar-refractivity contribution in [1.82, 2.24) is 14.8 Å². The van der Waals surface area contributed by atoms with Crippen molar-refractivity contribution in [3.63, 3.8) is 0 Å². The quantitative estimate of drug-likeness (QED) is 0.741. The van der Waals surface area contributed by atoms with Gasteiger partial charge in [-0.25, -0.2) is 0 Å². The molecule has 0 fully saturated rings. The van der Waals surface area contributed by atoms with Crippen molar-refractivity contribution < 1.29 is 4.79 Å². The predicted octanol–water partition coefficient (Wildman–Crippen LogP) is 0.389. The minimum atomic E-state index is -0.473. The minimum absolute atomic E-state index is 0.225. The lowest BCUT2D eigenvalue weighted by Gasteiger charge is -2.08. The molecule has 1 rings (SSSR count). The topological polar surface area (TPSA) is 93.8 Å². The van der Waals surface area contributed by atoms with Crippen molar-refractivity contribution in [2.75, 3.05) is 5.32 Å². The summed E-state index contributed by atoms with van der Waals surface area (Å²) in [6.07, 6.45) is 2.67. The van der Waals surface area contributed by atoms with E-state index in [9.17, 15) is 4.79 Å². The fourth-order valence-corrected chi connectivity index (χ4v) is 1.30. The molecule has 7 heteroatoms. The second-order valence-corrected chi connectivity index (χ2v) is 3.64. The third-order valence-electron chi connectivity index (χ3n) is 1.73. The van der Waals surface area contributed by atoms with Gasteiger partial charge in [-0.05, 0) is 11.6 Å². The summed E-state index contributed by atoms with van der Waals surface area (Å²) in [7, 11) is 0. The summed E-state index contributed by atoms with van der Waals surface area (Å²) in [6.45, 7) is 2.05. The van der Waals surface area contributed by atoms with Gasteiger partial charge in [-0.1, -0.05) is 29.4 Å². The number of nitrogens with two attached hydrogens (primary N) is 1. The molecule has 14 heavy (non-hydrogen) atoms. The van der Waals surface area contributed by atoms with Gasteiger partial charge in [0.1, 0.15) is 0 Å². The van der Waals surface area contributed by atoms with Crippen LogP contribution in [0, 0.1) is 0 Å². The first-order valence-corrected chi connectivity index (χ1v) is 5.23. The van der Waals surface area contributed by atoms with Gasteiger partial charge in [0.2, 0.25) is 11.0 Å². The molecular weight excluding hydrogens is 202 g/mol. The van der Waals surface area contributed by atoms with E-state index in [0.29, 0.717) is 11.6 Å². The molecule has 0 saturated carbocycles. The van der Waals surface area contributed by atoms with Crippen molar-refractivity contribution in [2.45, 2.75) is 32.2 Å². The van der Waals surface area contributed by atoms with Crippen LogP contribution in [0.15, 0.2) is 0 Å². The van der Waals surface area contributed by atoms with Crippen LogP contribution in [0.2, 0.25) is 0 Å². The molecule has 0 bridgehead atoms. The maximum Gasteiger partial charge on any atom is 0.243 e. The Morgan fingerprint density at radius 1 is 1.71 bits per heavy atom. The van der Waals surface area contributed by atoms with Crippen LogP contribution < -0.4 is 11.1 Å². The molecule has 1 aromatic rings. The summed E-state index contributed by atoms with van der Waals surface area (Å²) in [5.41, 5.74) is 5.64. The van der Waals surface area contributed by atoms with Gasteiger partial charge in [0.15, 0.2) is 0 Å². The van der Waals surface area contributed by atoms with Crippen LogP contribution in [-0.4, -0.2) is 26.7 Å². The number of anilines is 1. The van der Waals surface area contributed by atoms with Gasteiger partial charge in [-0.15, -0.1) is 0 Å².